The van der Waals surface area contributed by atoms with Crippen LogP contribution in [0.15, 0.2) is 59.8 Å². The zero-order valence-corrected chi connectivity index (χ0v) is 10.7. The number of halogens is 3. The van der Waals surface area contributed by atoms with Gasteiger partial charge in [0.25, 0.3) is 0 Å². The van der Waals surface area contributed by atoms with Gasteiger partial charge in [-0.05, 0) is 30.2 Å². The molecule has 2 aromatic rings. The molecule has 2 aromatic carbocycles. The number of rotatable bonds is 1. The maximum absolute atomic E-state index is 12.4. The molecule has 0 heterocycles. The lowest BCUT2D eigenvalue weighted by Gasteiger charge is -2.05. The highest BCUT2D eigenvalue weighted by Crippen LogP contribution is 2.28. The van der Waals surface area contributed by atoms with Gasteiger partial charge in [-0.2, -0.15) is 13.2 Å². The normalized spacial score (nSPS) is 11.7. The van der Waals surface area contributed by atoms with E-state index in [1.165, 1.54) is 12.1 Å². The number of nitrogens with zero attached hydrogens (tertiary/aromatic N) is 1. The molecular weight excluding hydrogens is 279 g/mol. The van der Waals surface area contributed by atoms with Gasteiger partial charge in [-0.25, -0.2) is 0 Å². The van der Waals surface area contributed by atoms with E-state index in [9.17, 15) is 13.2 Å². The average molecular weight is 289 g/mol. The largest absolute Gasteiger partial charge is 0.416 e. The van der Waals surface area contributed by atoms with Gasteiger partial charge in [0, 0.05) is 11.1 Å². The smallest absolute Gasteiger partial charge is 0.410 e. The van der Waals surface area contributed by atoms with Crippen LogP contribution in [0.1, 0.15) is 16.7 Å². The number of alkyl halides is 3. The molecular formula is C16H10F3NO. The molecule has 0 aromatic heterocycles. The van der Waals surface area contributed by atoms with Crippen molar-refractivity contribution in [3.63, 3.8) is 0 Å². The van der Waals surface area contributed by atoms with Gasteiger partial charge in [0.2, 0.25) is 0 Å². The van der Waals surface area contributed by atoms with Gasteiger partial charge in [-0.1, -0.05) is 41.4 Å². The predicted molar refractivity (Wildman–Crippen MR) is 73.1 cm³/mol. The third kappa shape index (κ3) is 3.86. The Balaban J connectivity index is 2.23. The monoisotopic (exact) mass is 289 g/mol. The number of hydrogen-bond donors (Lipinski definition) is 1. The third-order valence-corrected chi connectivity index (χ3v) is 2.68. The number of oxime groups is 1. The van der Waals surface area contributed by atoms with E-state index in [-0.39, 0.29) is 5.71 Å². The van der Waals surface area contributed by atoms with Crippen LogP contribution in [0.2, 0.25) is 0 Å². The lowest BCUT2D eigenvalue weighted by Crippen LogP contribution is -2.04. The zero-order chi connectivity index (χ0) is 15.3. The summed E-state index contributed by atoms with van der Waals surface area (Å²) in [7, 11) is 0. The molecule has 0 spiro atoms. The molecule has 0 aliphatic heterocycles. The summed E-state index contributed by atoms with van der Waals surface area (Å²) in [6.45, 7) is 0. The van der Waals surface area contributed by atoms with E-state index in [0.29, 0.717) is 11.1 Å². The minimum Gasteiger partial charge on any atom is -0.410 e. The van der Waals surface area contributed by atoms with Crippen LogP contribution in [-0.4, -0.2) is 10.9 Å². The van der Waals surface area contributed by atoms with E-state index in [4.69, 9.17) is 5.21 Å². The van der Waals surface area contributed by atoms with Crippen LogP contribution in [0.25, 0.3) is 0 Å². The molecule has 0 fully saturated rings. The van der Waals surface area contributed by atoms with Crippen LogP contribution in [-0.2, 0) is 6.18 Å². The van der Waals surface area contributed by atoms with E-state index in [1.807, 2.05) is 6.07 Å². The van der Waals surface area contributed by atoms with Crippen LogP contribution in [0, 0.1) is 11.8 Å². The highest BCUT2D eigenvalue weighted by Gasteiger charge is 2.29. The fraction of sp³-hybridized carbons (Fsp3) is 0.0625. The Hall–Kier alpha value is -2.74. The first-order chi connectivity index (χ1) is 10.0. The Labute approximate surface area is 119 Å². The summed E-state index contributed by atoms with van der Waals surface area (Å²) in [6.07, 6.45) is -4.37. The molecule has 0 unspecified atom stereocenters. The maximum Gasteiger partial charge on any atom is 0.416 e. The van der Waals surface area contributed by atoms with Gasteiger partial charge in [0.05, 0.1) is 5.56 Å². The predicted octanol–water partition coefficient (Wildman–Crippen LogP) is 3.94. The summed E-state index contributed by atoms with van der Waals surface area (Å²) in [5, 5.41) is 12.0. The summed E-state index contributed by atoms with van der Waals surface area (Å²) in [6, 6.07) is 13.2. The van der Waals surface area contributed by atoms with Crippen molar-refractivity contribution in [2.75, 3.05) is 0 Å². The van der Waals surface area contributed by atoms with Crippen molar-refractivity contribution in [2.24, 2.45) is 5.16 Å². The maximum atomic E-state index is 12.4. The Bertz CT molecular complexity index is 692. The first kappa shape index (κ1) is 14.7. The van der Waals surface area contributed by atoms with Crippen molar-refractivity contribution in [3.8, 4) is 11.8 Å². The Morgan fingerprint density at radius 1 is 0.952 bits per heavy atom. The minimum atomic E-state index is -4.37. The van der Waals surface area contributed by atoms with Crippen molar-refractivity contribution in [2.45, 2.75) is 6.18 Å². The molecule has 0 amide bonds. The van der Waals surface area contributed by atoms with E-state index >= 15 is 0 Å². The highest BCUT2D eigenvalue weighted by molar-refractivity contribution is 6.12. The average Bonchev–Trinajstić information content (AvgIpc) is 2.48. The second kappa shape index (κ2) is 6.14. The van der Waals surface area contributed by atoms with Gasteiger partial charge in [-0.3, -0.25) is 0 Å². The summed E-state index contributed by atoms with van der Waals surface area (Å²) in [4.78, 5) is 0. The Morgan fingerprint density at radius 2 is 1.57 bits per heavy atom. The van der Waals surface area contributed by atoms with E-state index < -0.39 is 11.7 Å². The van der Waals surface area contributed by atoms with Crippen LogP contribution >= 0.6 is 0 Å². The highest BCUT2D eigenvalue weighted by atomic mass is 19.4. The molecule has 5 heteroatoms. The zero-order valence-electron chi connectivity index (χ0n) is 10.7. The second-order valence-electron chi connectivity index (χ2n) is 4.14. The second-order valence-corrected chi connectivity index (χ2v) is 4.14. The first-order valence-electron chi connectivity index (χ1n) is 5.97. The van der Waals surface area contributed by atoms with Gasteiger partial charge in [0.15, 0.2) is 5.71 Å². The van der Waals surface area contributed by atoms with Crippen molar-refractivity contribution >= 4 is 5.71 Å². The molecule has 0 aliphatic rings. The molecule has 0 aliphatic carbocycles. The lowest BCUT2D eigenvalue weighted by molar-refractivity contribution is -0.137. The van der Waals surface area contributed by atoms with Crippen molar-refractivity contribution < 1.29 is 18.4 Å². The molecule has 0 bridgehead atoms. The number of hydrogen-bond acceptors (Lipinski definition) is 2. The van der Waals surface area contributed by atoms with Crippen LogP contribution in [0.4, 0.5) is 13.2 Å². The third-order valence-electron chi connectivity index (χ3n) is 2.68. The summed E-state index contributed by atoms with van der Waals surface area (Å²) >= 11 is 0. The fourth-order valence-corrected chi connectivity index (χ4v) is 1.62. The fourth-order valence-electron chi connectivity index (χ4n) is 1.62. The van der Waals surface area contributed by atoms with Crippen LogP contribution in [0.3, 0.4) is 0 Å². The van der Waals surface area contributed by atoms with Crippen molar-refractivity contribution in [1.82, 2.24) is 0 Å². The molecule has 21 heavy (non-hydrogen) atoms. The van der Waals surface area contributed by atoms with Crippen LogP contribution in [0.5, 0.6) is 0 Å². The summed E-state index contributed by atoms with van der Waals surface area (Å²) in [5.74, 6) is 5.29. The molecule has 2 nitrogen and oxygen atoms in total. The van der Waals surface area contributed by atoms with Gasteiger partial charge >= 0.3 is 6.18 Å². The van der Waals surface area contributed by atoms with E-state index in [0.717, 1.165) is 12.1 Å². The molecule has 0 saturated carbocycles. The quantitative estimate of drug-likeness (QED) is 0.367. The Kier molecular flexibility index (Phi) is 4.29. The molecule has 106 valence electrons. The van der Waals surface area contributed by atoms with E-state index in [2.05, 4.69) is 17.0 Å². The van der Waals surface area contributed by atoms with E-state index in [1.54, 1.807) is 24.3 Å². The molecule has 1 N–H and O–H groups in total. The van der Waals surface area contributed by atoms with Crippen molar-refractivity contribution in [3.05, 3.63) is 71.3 Å². The lowest BCUT2D eigenvalue weighted by atomic mass is 10.1. The topological polar surface area (TPSA) is 32.6 Å². The molecule has 0 saturated heterocycles. The van der Waals surface area contributed by atoms with Crippen molar-refractivity contribution in [1.29, 1.82) is 0 Å². The summed E-state index contributed by atoms with van der Waals surface area (Å²) < 4.78 is 37.3. The Morgan fingerprint density at radius 3 is 2.10 bits per heavy atom. The first-order valence-corrected chi connectivity index (χ1v) is 5.97. The SMILES string of the molecule is O/N=C(\C#Cc1ccc(C(F)(F)F)cc1)c1ccccc1. The summed E-state index contributed by atoms with van der Waals surface area (Å²) in [5.41, 5.74) is 0.446. The van der Waals surface area contributed by atoms with Gasteiger partial charge < -0.3 is 5.21 Å². The molecule has 0 atom stereocenters. The van der Waals surface area contributed by atoms with Crippen LogP contribution < -0.4 is 0 Å². The number of benzene rings is 2. The van der Waals surface area contributed by atoms with Gasteiger partial charge in [-0.15, -0.1) is 0 Å². The minimum absolute atomic E-state index is 0.149. The molecule has 0 radical (unpaired) electrons. The standard InChI is InChI=1S/C16H10F3NO/c17-16(18,19)14-9-6-12(7-10-14)8-11-15(20-21)13-4-2-1-3-5-13/h1-7,9-10,21H/b20-15+. The molecule has 2 rings (SSSR count). The van der Waals surface area contributed by atoms with Gasteiger partial charge in [0.1, 0.15) is 0 Å².